The minimum Gasteiger partial charge on any atom is -0.493 e. The number of rotatable bonds is 2. The number of fused-ring (bicyclic) bond motifs is 1. The lowest BCUT2D eigenvalue weighted by Gasteiger charge is -1.96. The number of aromatic hydroxyl groups is 1. The molecule has 0 saturated carbocycles. The molecule has 0 radical (unpaired) electrons. The van der Waals surface area contributed by atoms with Crippen molar-refractivity contribution in [2.75, 3.05) is 0 Å². The number of benzene rings is 1. The monoisotopic (exact) mass is 368 g/mol. The molecule has 0 amide bonds. The number of H-pyrrole nitrogens is 1. The van der Waals surface area contributed by atoms with Crippen LogP contribution in [-0.2, 0) is 7.05 Å². The molecular weight excluding hydrogens is 356 g/mol. The average Bonchev–Trinajstić information content (AvgIpc) is 3.11. The highest BCUT2D eigenvalue weighted by atomic mass is 35.5. The molecule has 0 aliphatic rings. The Hall–Kier alpha value is -3.39. The first kappa shape index (κ1) is 16.1. The van der Waals surface area contributed by atoms with Crippen molar-refractivity contribution in [3.8, 4) is 5.88 Å². The number of nitrogens with one attached hydrogen (secondary N) is 1. The van der Waals surface area contributed by atoms with Gasteiger partial charge in [0.25, 0.3) is 0 Å². The fraction of sp³-hybridized carbons (Fsp3) is 0.0588. The second-order valence-corrected chi connectivity index (χ2v) is 6.05. The van der Waals surface area contributed by atoms with Crippen LogP contribution in [0.5, 0.6) is 5.88 Å². The van der Waals surface area contributed by atoms with Gasteiger partial charge >= 0.3 is 5.69 Å². The number of hydrogen-bond acceptors (Lipinski definition) is 5. The molecule has 0 unspecified atom stereocenters. The molecular formula is C17H13ClN6O2. The third-order valence-electron chi connectivity index (χ3n) is 3.86. The standard InChI is InChI=1S/C17H13ClN6O2/c1-23-13(16(25)22-17(23)26)7-10-9-19-24-6-5-14(21-15(10)24)20-12-4-2-3-11(18)8-12/h2-9,25H,1H3,(H,22,26). The molecule has 1 aromatic carbocycles. The molecule has 130 valence electrons. The first-order valence-corrected chi connectivity index (χ1v) is 8.03. The molecule has 4 rings (SSSR count). The van der Waals surface area contributed by atoms with Gasteiger partial charge in [0, 0.05) is 29.6 Å². The largest absolute Gasteiger partial charge is 0.493 e. The van der Waals surface area contributed by atoms with E-state index in [1.54, 1.807) is 48.2 Å². The molecule has 0 saturated heterocycles. The van der Waals surface area contributed by atoms with Crippen LogP contribution in [0.4, 0.5) is 5.69 Å². The highest BCUT2D eigenvalue weighted by Gasteiger charge is 2.08. The zero-order valence-electron chi connectivity index (χ0n) is 13.6. The van der Waals surface area contributed by atoms with Crippen molar-refractivity contribution in [3.05, 3.63) is 74.6 Å². The Bertz CT molecular complexity index is 1300. The lowest BCUT2D eigenvalue weighted by molar-refractivity contribution is 0.454. The van der Waals surface area contributed by atoms with E-state index < -0.39 is 5.69 Å². The fourth-order valence-electron chi connectivity index (χ4n) is 2.55. The van der Waals surface area contributed by atoms with Crippen LogP contribution < -0.4 is 16.4 Å². The Kier molecular flexibility index (Phi) is 3.81. The molecule has 0 aliphatic carbocycles. The predicted molar refractivity (Wildman–Crippen MR) is 96.1 cm³/mol. The van der Waals surface area contributed by atoms with E-state index in [9.17, 15) is 9.90 Å². The molecule has 0 atom stereocenters. The van der Waals surface area contributed by atoms with Crippen LogP contribution in [0.25, 0.3) is 11.7 Å². The molecule has 9 heteroatoms. The van der Waals surface area contributed by atoms with Crippen molar-refractivity contribution >= 4 is 29.0 Å². The summed E-state index contributed by atoms with van der Waals surface area (Å²) in [5.41, 5.74) is 1.65. The SMILES string of the molecule is Cn1c(C=c2cnn3ccc(=Nc4cccc(Cl)c4)nc23)c(O)[nH]c1=O. The molecule has 4 aromatic rings. The number of imidazole rings is 1. The molecule has 0 fully saturated rings. The van der Waals surface area contributed by atoms with Crippen molar-refractivity contribution in [1.29, 1.82) is 0 Å². The third-order valence-corrected chi connectivity index (χ3v) is 4.09. The molecule has 3 aromatic heterocycles. The molecule has 26 heavy (non-hydrogen) atoms. The van der Waals surface area contributed by atoms with E-state index in [-0.39, 0.29) is 5.88 Å². The van der Waals surface area contributed by atoms with Crippen LogP contribution in [-0.4, -0.2) is 29.3 Å². The zero-order valence-corrected chi connectivity index (χ0v) is 14.3. The summed E-state index contributed by atoms with van der Waals surface area (Å²) in [7, 11) is 1.56. The minimum absolute atomic E-state index is 0.211. The molecule has 3 heterocycles. The van der Waals surface area contributed by atoms with Gasteiger partial charge in [-0.05, 0) is 24.3 Å². The first-order chi connectivity index (χ1) is 12.5. The molecule has 8 nitrogen and oxygen atoms in total. The van der Waals surface area contributed by atoms with Crippen molar-refractivity contribution in [3.63, 3.8) is 0 Å². The summed E-state index contributed by atoms with van der Waals surface area (Å²) in [6.45, 7) is 0. The van der Waals surface area contributed by atoms with Gasteiger partial charge in [-0.25, -0.2) is 19.3 Å². The van der Waals surface area contributed by atoms with Crippen molar-refractivity contribution in [2.24, 2.45) is 12.0 Å². The highest BCUT2D eigenvalue weighted by Crippen LogP contribution is 2.16. The summed E-state index contributed by atoms with van der Waals surface area (Å²) >= 11 is 5.98. The summed E-state index contributed by atoms with van der Waals surface area (Å²) in [5, 5.41) is 15.3. The van der Waals surface area contributed by atoms with Crippen molar-refractivity contribution < 1.29 is 5.11 Å². The van der Waals surface area contributed by atoms with Gasteiger partial charge in [-0.2, -0.15) is 5.10 Å². The quantitative estimate of drug-likeness (QED) is 0.549. The van der Waals surface area contributed by atoms with Crippen LogP contribution >= 0.6 is 11.6 Å². The second-order valence-electron chi connectivity index (χ2n) is 5.61. The number of nitrogens with zero attached hydrogens (tertiary/aromatic N) is 5. The van der Waals surface area contributed by atoms with Gasteiger partial charge in [0.05, 0.1) is 11.9 Å². The predicted octanol–water partition coefficient (Wildman–Crippen LogP) is 0.895. The van der Waals surface area contributed by atoms with E-state index in [0.29, 0.717) is 32.8 Å². The van der Waals surface area contributed by atoms with Gasteiger partial charge in [0.15, 0.2) is 11.1 Å². The van der Waals surface area contributed by atoms with Crippen molar-refractivity contribution in [1.82, 2.24) is 24.1 Å². The van der Waals surface area contributed by atoms with E-state index in [1.165, 1.54) is 4.57 Å². The fourth-order valence-corrected chi connectivity index (χ4v) is 2.73. The minimum atomic E-state index is -0.408. The Morgan fingerprint density at radius 3 is 2.92 bits per heavy atom. The summed E-state index contributed by atoms with van der Waals surface area (Å²) in [4.78, 5) is 22.9. The van der Waals surface area contributed by atoms with E-state index in [0.717, 1.165) is 0 Å². The van der Waals surface area contributed by atoms with Crippen LogP contribution in [0.3, 0.4) is 0 Å². The average molecular weight is 369 g/mol. The first-order valence-electron chi connectivity index (χ1n) is 7.65. The Morgan fingerprint density at radius 2 is 2.19 bits per heavy atom. The number of halogens is 1. The third kappa shape index (κ3) is 2.86. The Balaban J connectivity index is 1.90. The second kappa shape index (κ2) is 6.16. The number of hydrogen-bond donors (Lipinski definition) is 2. The maximum absolute atomic E-state index is 11.6. The van der Waals surface area contributed by atoms with Gasteiger partial charge < -0.3 is 5.11 Å². The van der Waals surface area contributed by atoms with Gasteiger partial charge in [-0.3, -0.25) is 9.55 Å². The summed E-state index contributed by atoms with van der Waals surface area (Å²) in [5.74, 6) is -0.211. The summed E-state index contributed by atoms with van der Waals surface area (Å²) < 4.78 is 2.89. The summed E-state index contributed by atoms with van der Waals surface area (Å²) in [6.07, 6.45) is 4.97. The Labute approximate surface area is 151 Å². The van der Waals surface area contributed by atoms with Gasteiger partial charge in [-0.15, -0.1) is 0 Å². The maximum Gasteiger partial charge on any atom is 0.328 e. The molecule has 0 spiro atoms. The van der Waals surface area contributed by atoms with Crippen LogP contribution in [0.15, 0.2) is 52.5 Å². The van der Waals surface area contributed by atoms with Crippen LogP contribution in [0, 0.1) is 0 Å². The molecule has 2 N–H and O–H groups in total. The zero-order chi connectivity index (χ0) is 18.3. The van der Waals surface area contributed by atoms with Gasteiger partial charge in [0.1, 0.15) is 5.69 Å². The summed E-state index contributed by atoms with van der Waals surface area (Å²) in [6, 6.07) is 8.88. The topological polar surface area (TPSA) is 101 Å². The highest BCUT2D eigenvalue weighted by molar-refractivity contribution is 6.30. The van der Waals surface area contributed by atoms with E-state index in [1.807, 2.05) is 12.1 Å². The molecule has 0 aliphatic heterocycles. The maximum atomic E-state index is 11.6. The number of aromatic nitrogens is 5. The smallest absolute Gasteiger partial charge is 0.328 e. The van der Waals surface area contributed by atoms with Gasteiger partial charge in [0.2, 0.25) is 5.88 Å². The molecule has 0 bridgehead atoms. The van der Waals surface area contributed by atoms with Gasteiger partial charge in [-0.1, -0.05) is 17.7 Å². The van der Waals surface area contributed by atoms with Crippen molar-refractivity contribution in [2.45, 2.75) is 0 Å². The van der Waals surface area contributed by atoms with Crippen LogP contribution in [0.2, 0.25) is 5.02 Å². The lowest BCUT2D eigenvalue weighted by Crippen LogP contribution is -2.15. The normalized spacial score (nSPS) is 13.0. The van der Waals surface area contributed by atoms with E-state index in [2.05, 4.69) is 20.1 Å². The lowest BCUT2D eigenvalue weighted by atomic mass is 10.3. The van der Waals surface area contributed by atoms with Crippen LogP contribution in [0.1, 0.15) is 5.69 Å². The number of aromatic amines is 1. The van der Waals surface area contributed by atoms with E-state index in [4.69, 9.17) is 11.6 Å². The van der Waals surface area contributed by atoms with E-state index >= 15 is 0 Å². The Morgan fingerprint density at radius 1 is 1.35 bits per heavy atom.